The van der Waals surface area contributed by atoms with Crippen molar-refractivity contribution in [2.75, 3.05) is 0 Å². The maximum Gasteiger partial charge on any atom is 0.219 e. The molecule has 0 fully saturated rings. The molecule has 2 rings (SSSR count). The lowest BCUT2D eigenvalue weighted by molar-refractivity contribution is 0.459. The Kier molecular flexibility index (Phi) is 5.09. The molecular formula is C15H16BrFN2O. The Balaban J connectivity index is 2.08. The maximum absolute atomic E-state index is 13.2. The fourth-order valence-electron chi connectivity index (χ4n) is 1.60. The summed E-state index contributed by atoms with van der Waals surface area (Å²) in [7, 11) is 0. The van der Waals surface area contributed by atoms with Gasteiger partial charge in [-0.25, -0.2) is 9.37 Å². The number of rotatable bonds is 5. The van der Waals surface area contributed by atoms with Crippen molar-refractivity contribution >= 4 is 15.9 Å². The van der Waals surface area contributed by atoms with Crippen molar-refractivity contribution < 1.29 is 9.13 Å². The van der Waals surface area contributed by atoms with Crippen molar-refractivity contribution in [1.29, 1.82) is 0 Å². The summed E-state index contributed by atoms with van der Waals surface area (Å²) in [6.45, 7) is 4.94. The first-order valence-corrected chi connectivity index (χ1v) is 7.15. The zero-order chi connectivity index (χ0) is 14.5. The fraction of sp³-hybridized carbons (Fsp3) is 0.267. The van der Waals surface area contributed by atoms with Crippen LogP contribution in [0.25, 0.3) is 0 Å². The minimum atomic E-state index is -0.319. The Labute approximate surface area is 126 Å². The molecule has 5 heteroatoms. The molecule has 0 bridgehead atoms. The number of benzene rings is 1. The molecule has 0 aliphatic carbocycles. The highest BCUT2D eigenvalue weighted by atomic mass is 79.9. The molecule has 0 unspecified atom stereocenters. The average Bonchev–Trinajstić information content (AvgIpc) is 2.41. The molecule has 0 aliphatic heterocycles. The van der Waals surface area contributed by atoms with Gasteiger partial charge in [-0.3, -0.25) is 0 Å². The number of ether oxygens (including phenoxy) is 1. The van der Waals surface area contributed by atoms with Gasteiger partial charge in [-0.15, -0.1) is 0 Å². The first kappa shape index (κ1) is 14.9. The van der Waals surface area contributed by atoms with Gasteiger partial charge < -0.3 is 10.1 Å². The quantitative estimate of drug-likeness (QED) is 0.883. The number of nitrogens with zero attached hydrogens (tertiary/aromatic N) is 1. The molecule has 1 aromatic carbocycles. The topological polar surface area (TPSA) is 34.2 Å². The van der Waals surface area contributed by atoms with Crippen molar-refractivity contribution in [3.8, 4) is 11.6 Å². The van der Waals surface area contributed by atoms with Gasteiger partial charge in [0.2, 0.25) is 5.88 Å². The van der Waals surface area contributed by atoms with E-state index < -0.39 is 0 Å². The van der Waals surface area contributed by atoms with Gasteiger partial charge in [0.25, 0.3) is 0 Å². The van der Waals surface area contributed by atoms with Gasteiger partial charge in [0.15, 0.2) is 0 Å². The highest BCUT2D eigenvalue weighted by molar-refractivity contribution is 9.10. The number of nitrogens with one attached hydrogen (secondary N) is 1. The van der Waals surface area contributed by atoms with Gasteiger partial charge in [-0.05, 0) is 45.8 Å². The Morgan fingerprint density at radius 3 is 2.80 bits per heavy atom. The Morgan fingerprint density at radius 2 is 2.10 bits per heavy atom. The Hall–Kier alpha value is -1.46. The highest BCUT2D eigenvalue weighted by Gasteiger charge is 2.04. The highest BCUT2D eigenvalue weighted by Crippen LogP contribution is 2.25. The molecule has 1 N–H and O–H groups in total. The molecule has 0 radical (unpaired) electrons. The third-order valence-corrected chi connectivity index (χ3v) is 3.23. The van der Waals surface area contributed by atoms with Crippen LogP contribution in [0.4, 0.5) is 4.39 Å². The minimum Gasteiger partial charge on any atom is -0.439 e. The van der Waals surface area contributed by atoms with E-state index in [9.17, 15) is 4.39 Å². The lowest BCUT2D eigenvalue weighted by Crippen LogP contribution is -2.21. The van der Waals surface area contributed by atoms with E-state index in [0.29, 0.717) is 22.1 Å². The first-order chi connectivity index (χ1) is 9.54. The third kappa shape index (κ3) is 4.28. The number of hydrogen-bond donors (Lipinski definition) is 1. The molecule has 0 atom stereocenters. The van der Waals surface area contributed by atoms with Gasteiger partial charge in [-0.1, -0.05) is 13.8 Å². The summed E-state index contributed by atoms with van der Waals surface area (Å²) >= 11 is 3.13. The second-order valence-corrected chi connectivity index (χ2v) is 5.57. The molecule has 0 amide bonds. The summed E-state index contributed by atoms with van der Waals surface area (Å²) in [6.07, 6.45) is 1.70. The normalized spacial score (nSPS) is 10.8. The van der Waals surface area contributed by atoms with Crippen LogP contribution in [0.2, 0.25) is 0 Å². The number of halogens is 2. The van der Waals surface area contributed by atoms with E-state index in [2.05, 4.69) is 40.1 Å². The molecule has 2 aromatic rings. The van der Waals surface area contributed by atoms with Crippen LogP contribution in [0.15, 0.2) is 41.0 Å². The van der Waals surface area contributed by atoms with Gasteiger partial charge in [-0.2, -0.15) is 0 Å². The smallest absolute Gasteiger partial charge is 0.219 e. The van der Waals surface area contributed by atoms with Gasteiger partial charge >= 0.3 is 0 Å². The largest absolute Gasteiger partial charge is 0.439 e. The summed E-state index contributed by atoms with van der Waals surface area (Å²) in [4.78, 5) is 4.15. The summed E-state index contributed by atoms with van der Waals surface area (Å²) in [5, 5.41) is 3.33. The molecule has 106 valence electrons. The lowest BCUT2D eigenvalue weighted by atomic mass is 10.2. The maximum atomic E-state index is 13.2. The first-order valence-electron chi connectivity index (χ1n) is 6.36. The number of hydrogen-bond acceptors (Lipinski definition) is 3. The summed E-state index contributed by atoms with van der Waals surface area (Å²) in [6, 6.07) is 8.72. The molecule has 0 aliphatic rings. The SMILES string of the molecule is CC(C)NCc1ccnc(Oc2ccc(F)c(Br)c2)c1. The van der Waals surface area contributed by atoms with Crippen LogP contribution in [-0.4, -0.2) is 11.0 Å². The van der Waals surface area contributed by atoms with E-state index >= 15 is 0 Å². The molecule has 1 aromatic heterocycles. The summed E-state index contributed by atoms with van der Waals surface area (Å²) in [5.74, 6) is 0.714. The van der Waals surface area contributed by atoms with Crippen LogP contribution in [0.3, 0.4) is 0 Å². The second kappa shape index (κ2) is 6.81. The fourth-order valence-corrected chi connectivity index (χ4v) is 1.96. The molecule has 1 heterocycles. The predicted molar refractivity (Wildman–Crippen MR) is 80.4 cm³/mol. The van der Waals surface area contributed by atoms with Crippen molar-refractivity contribution in [1.82, 2.24) is 10.3 Å². The van der Waals surface area contributed by atoms with Gasteiger partial charge in [0.05, 0.1) is 4.47 Å². The van der Waals surface area contributed by atoms with E-state index in [4.69, 9.17) is 4.74 Å². The summed E-state index contributed by atoms with van der Waals surface area (Å²) in [5.41, 5.74) is 1.09. The Morgan fingerprint density at radius 1 is 1.30 bits per heavy atom. The zero-order valence-corrected chi connectivity index (χ0v) is 12.9. The monoisotopic (exact) mass is 338 g/mol. The molecular weight excluding hydrogens is 323 g/mol. The lowest BCUT2D eigenvalue weighted by Gasteiger charge is -2.10. The van der Waals surface area contributed by atoms with E-state index in [1.807, 2.05) is 12.1 Å². The average molecular weight is 339 g/mol. The van der Waals surface area contributed by atoms with E-state index in [1.54, 1.807) is 18.3 Å². The molecule has 0 spiro atoms. The molecule has 0 saturated heterocycles. The predicted octanol–water partition coefficient (Wildman–Crippen LogP) is 4.27. The van der Waals surface area contributed by atoms with Gasteiger partial charge in [0.1, 0.15) is 11.6 Å². The van der Waals surface area contributed by atoms with Crippen LogP contribution < -0.4 is 10.1 Å². The number of pyridine rings is 1. The molecule has 3 nitrogen and oxygen atoms in total. The van der Waals surface area contributed by atoms with Crippen LogP contribution in [0.5, 0.6) is 11.6 Å². The van der Waals surface area contributed by atoms with Crippen molar-refractivity contribution in [3.05, 3.63) is 52.4 Å². The number of aromatic nitrogens is 1. The third-order valence-electron chi connectivity index (χ3n) is 2.63. The Bertz CT molecular complexity index is 590. The molecule has 20 heavy (non-hydrogen) atoms. The van der Waals surface area contributed by atoms with Crippen LogP contribution >= 0.6 is 15.9 Å². The van der Waals surface area contributed by atoms with Crippen LogP contribution in [0, 0.1) is 5.82 Å². The van der Waals surface area contributed by atoms with Crippen molar-refractivity contribution in [2.24, 2.45) is 0 Å². The van der Waals surface area contributed by atoms with E-state index in [-0.39, 0.29) is 5.82 Å². The van der Waals surface area contributed by atoms with E-state index in [1.165, 1.54) is 6.07 Å². The zero-order valence-electron chi connectivity index (χ0n) is 11.4. The summed E-state index contributed by atoms with van der Waals surface area (Å²) < 4.78 is 19.1. The standard InChI is InChI=1S/C15H16BrFN2O/c1-10(2)19-9-11-5-6-18-15(7-11)20-12-3-4-14(17)13(16)8-12/h3-8,10,19H,9H2,1-2H3. The van der Waals surface area contributed by atoms with Crippen LogP contribution in [-0.2, 0) is 6.54 Å². The van der Waals surface area contributed by atoms with Gasteiger partial charge in [0, 0.05) is 24.8 Å². The van der Waals surface area contributed by atoms with Crippen molar-refractivity contribution in [2.45, 2.75) is 26.4 Å². The second-order valence-electron chi connectivity index (χ2n) is 4.72. The van der Waals surface area contributed by atoms with E-state index in [0.717, 1.165) is 12.1 Å². The minimum absolute atomic E-state index is 0.319. The molecule has 0 saturated carbocycles. The van der Waals surface area contributed by atoms with Crippen molar-refractivity contribution in [3.63, 3.8) is 0 Å². The van der Waals surface area contributed by atoms with Crippen LogP contribution in [0.1, 0.15) is 19.4 Å².